The summed E-state index contributed by atoms with van der Waals surface area (Å²) >= 11 is 0. The summed E-state index contributed by atoms with van der Waals surface area (Å²) in [6, 6.07) is 13.4. The number of hydrogen-bond donors (Lipinski definition) is 1. The van der Waals surface area contributed by atoms with E-state index in [1.165, 1.54) is 0 Å². The zero-order chi connectivity index (χ0) is 16.1. The summed E-state index contributed by atoms with van der Waals surface area (Å²) in [6.45, 7) is 6.73. The fraction of sp³-hybridized carbons (Fsp3) is 0.316. The van der Waals surface area contributed by atoms with Crippen molar-refractivity contribution < 1.29 is 14.6 Å². The number of rotatable bonds is 6. The zero-order valence-corrected chi connectivity index (χ0v) is 13.3. The molecule has 0 amide bonds. The third-order valence-corrected chi connectivity index (χ3v) is 3.46. The van der Waals surface area contributed by atoms with Gasteiger partial charge in [-0.1, -0.05) is 44.2 Å². The van der Waals surface area contributed by atoms with Crippen LogP contribution in [0.5, 0.6) is 5.75 Å². The lowest BCUT2D eigenvalue weighted by Gasteiger charge is -2.14. The third kappa shape index (κ3) is 3.67. The van der Waals surface area contributed by atoms with Gasteiger partial charge in [0.05, 0.1) is 12.2 Å². The van der Waals surface area contributed by atoms with Crippen LogP contribution in [0.4, 0.5) is 0 Å². The van der Waals surface area contributed by atoms with Crippen LogP contribution in [0.15, 0.2) is 42.5 Å². The summed E-state index contributed by atoms with van der Waals surface area (Å²) in [7, 11) is 0. The predicted octanol–water partition coefficient (Wildman–Crippen LogP) is 4.65. The Bertz CT molecular complexity index is 659. The molecule has 2 aromatic rings. The van der Waals surface area contributed by atoms with E-state index in [1.807, 2.05) is 43.3 Å². The van der Waals surface area contributed by atoms with Crippen molar-refractivity contribution in [1.82, 2.24) is 0 Å². The van der Waals surface area contributed by atoms with Gasteiger partial charge in [-0.3, -0.25) is 0 Å². The molecule has 22 heavy (non-hydrogen) atoms. The van der Waals surface area contributed by atoms with E-state index in [2.05, 4.69) is 13.8 Å². The fourth-order valence-electron chi connectivity index (χ4n) is 2.57. The topological polar surface area (TPSA) is 46.5 Å². The minimum absolute atomic E-state index is 0.381. The molecule has 0 atom stereocenters. The van der Waals surface area contributed by atoms with Gasteiger partial charge in [-0.15, -0.1) is 0 Å². The van der Waals surface area contributed by atoms with Crippen LogP contribution in [-0.4, -0.2) is 17.7 Å². The minimum Gasteiger partial charge on any atom is -0.493 e. The molecule has 0 fully saturated rings. The standard InChI is InChI=1S/C19H22O3/c1-4-22-18-8-6-5-7-16(18)14-9-10-17(19(20)21)15(12-14)11-13(2)3/h5-10,12-13H,4,11H2,1-3H3,(H,20,21). The second-order valence-electron chi connectivity index (χ2n) is 5.70. The molecule has 0 aromatic heterocycles. The van der Waals surface area contributed by atoms with E-state index in [9.17, 15) is 9.90 Å². The van der Waals surface area contributed by atoms with Gasteiger partial charge in [0.25, 0.3) is 0 Å². The monoisotopic (exact) mass is 298 g/mol. The Morgan fingerprint density at radius 2 is 1.91 bits per heavy atom. The molecule has 0 spiro atoms. The van der Waals surface area contributed by atoms with Crippen molar-refractivity contribution in [2.45, 2.75) is 27.2 Å². The van der Waals surface area contributed by atoms with Crippen molar-refractivity contribution >= 4 is 5.97 Å². The Balaban J connectivity index is 2.51. The lowest BCUT2D eigenvalue weighted by Crippen LogP contribution is -2.05. The van der Waals surface area contributed by atoms with Crippen molar-refractivity contribution in [3.8, 4) is 16.9 Å². The van der Waals surface area contributed by atoms with Crippen molar-refractivity contribution in [1.29, 1.82) is 0 Å². The van der Waals surface area contributed by atoms with Gasteiger partial charge in [-0.25, -0.2) is 4.79 Å². The molecule has 0 saturated carbocycles. The third-order valence-electron chi connectivity index (χ3n) is 3.46. The van der Waals surface area contributed by atoms with Gasteiger partial charge in [0, 0.05) is 5.56 Å². The molecule has 0 heterocycles. The summed E-state index contributed by atoms with van der Waals surface area (Å²) in [4.78, 5) is 11.4. The second kappa shape index (κ2) is 7.12. The number of carboxylic acid groups (broad SMARTS) is 1. The van der Waals surface area contributed by atoms with Gasteiger partial charge in [0.2, 0.25) is 0 Å². The quantitative estimate of drug-likeness (QED) is 0.844. The van der Waals surface area contributed by atoms with Gasteiger partial charge >= 0.3 is 5.97 Å². The van der Waals surface area contributed by atoms with Crippen LogP contribution >= 0.6 is 0 Å². The second-order valence-corrected chi connectivity index (χ2v) is 5.70. The van der Waals surface area contributed by atoms with Crippen LogP contribution in [0.2, 0.25) is 0 Å². The molecule has 2 aromatic carbocycles. The van der Waals surface area contributed by atoms with E-state index in [0.29, 0.717) is 18.1 Å². The van der Waals surface area contributed by atoms with Crippen LogP contribution in [0, 0.1) is 5.92 Å². The Morgan fingerprint density at radius 3 is 2.55 bits per heavy atom. The van der Waals surface area contributed by atoms with E-state index in [1.54, 1.807) is 6.07 Å². The molecule has 0 aliphatic rings. The highest BCUT2D eigenvalue weighted by molar-refractivity contribution is 5.90. The number of ether oxygens (including phenoxy) is 1. The summed E-state index contributed by atoms with van der Waals surface area (Å²) in [6.07, 6.45) is 0.742. The average molecular weight is 298 g/mol. The van der Waals surface area contributed by atoms with Gasteiger partial charge in [0.1, 0.15) is 5.75 Å². The first-order valence-corrected chi connectivity index (χ1v) is 7.61. The zero-order valence-electron chi connectivity index (χ0n) is 13.3. The maximum atomic E-state index is 11.4. The molecule has 0 bridgehead atoms. The normalized spacial score (nSPS) is 10.7. The number of carbonyl (C=O) groups is 1. The average Bonchev–Trinajstić information content (AvgIpc) is 2.47. The van der Waals surface area contributed by atoms with Crippen LogP contribution in [-0.2, 0) is 6.42 Å². The van der Waals surface area contributed by atoms with Crippen molar-refractivity contribution in [3.05, 3.63) is 53.6 Å². The molecule has 1 N–H and O–H groups in total. The molecule has 3 nitrogen and oxygen atoms in total. The molecular weight excluding hydrogens is 276 g/mol. The van der Waals surface area contributed by atoms with Crippen LogP contribution < -0.4 is 4.74 Å². The van der Waals surface area contributed by atoms with Gasteiger partial charge in [-0.2, -0.15) is 0 Å². The lowest BCUT2D eigenvalue weighted by atomic mass is 9.93. The minimum atomic E-state index is -0.875. The molecular formula is C19H22O3. The molecule has 2 rings (SSSR count). The maximum Gasteiger partial charge on any atom is 0.335 e. The molecule has 0 saturated heterocycles. The maximum absolute atomic E-state index is 11.4. The molecule has 0 aliphatic carbocycles. The van der Waals surface area contributed by atoms with Gasteiger partial charge in [-0.05, 0) is 42.5 Å². The number of benzene rings is 2. The predicted molar refractivity (Wildman–Crippen MR) is 88.5 cm³/mol. The summed E-state index contributed by atoms with van der Waals surface area (Å²) in [5.41, 5.74) is 3.23. The Hall–Kier alpha value is -2.29. The van der Waals surface area contributed by atoms with E-state index >= 15 is 0 Å². The SMILES string of the molecule is CCOc1ccccc1-c1ccc(C(=O)O)c(CC(C)C)c1. The molecule has 0 aliphatic heterocycles. The highest BCUT2D eigenvalue weighted by Crippen LogP contribution is 2.31. The Labute approximate surface area is 131 Å². The molecule has 0 unspecified atom stereocenters. The van der Waals surface area contributed by atoms with E-state index < -0.39 is 5.97 Å². The highest BCUT2D eigenvalue weighted by atomic mass is 16.5. The Kier molecular flexibility index (Phi) is 5.21. The van der Waals surface area contributed by atoms with Crippen molar-refractivity contribution in [3.63, 3.8) is 0 Å². The molecule has 0 radical (unpaired) electrons. The van der Waals surface area contributed by atoms with E-state index in [4.69, 9.17) is 4.74 Å². The summed E-state index contributed by atoms with van der Waals surface area (Å²) < 4.78 is 5.67. The fourth-order valence-corrected chi connectivity index (χ4v) is 2.57. The van der Waals surface area contributed by atoms with Crippen molar-refractivity contribution in [2.75, 3.05) is 6.61 Å². The summed E-state index contributed by atoms with van der Waals surface area (Å²) in [5.74, 6) is 0.347. The van der Waals surface area contributed by atoms with Gasteiger partial charge < -0.3 is 9.84 Å². The van der Waals surface area contributed by atoms with Crippen LogP contribution in [0.1, 0.15) is 36.7 Å². The number of aromatic carboxylic acids is 1. The number of carboxylic acids is 1. The smallest absolute Gasteiger partial charge is 0.335 e. The van der Waals surface area contributed by atoms with Crippen LogP contribution in [0.25, 0.3) is 11.1 Å². The van der Waals surface area contributed by atoms with Crippen LogP contribution in [0.3, 0.4) is 0 Å². The highest BCUT2D eigenvalue weighted by Gasteiger charge is 2.14. The largest absolute Gasteiger partial charge is 0.493 e. The summed E-state index contributed by atoms with van der Waals surface area (Å²) in [5, 5.41) is 9.35. The first kappa shape index (κ1) is 16.1. The first-order valence-electron chi connectivity index (χ1n) is 7.61. The molecule has 3 heteroatoms. The first-order chi connectivity index (χ1) is 10.5. The lowest BCUT2D eigenvalue weighted by molar-refractivity contribution is 0.0695. The Morgan fingerprint density at radius 1 is 1.18 bits per heavy atom. The number of hydrogen-bond acceptors (Lipinski definition) is 2. The van der Waals surface area contributed by atoms with E-state index in [0.717, 1.165) is 28.9 Å². The van der Waals surface area contributed by atoms with E-state index in [-0.39, 0.29) is 0 Å². The number of para-hydroxylation sites is 1. The van der Waals surface area contributed by atoms with Gasteiger partial charge in [0.15, 0.2) is 0 Å². The molecule has 116 valence electrons. The van der Waals surface area contributed by atoms with Crippen molar-refractivity contribution in [2.24, 2.45) is 5.92 Å².